The zero-order valence-corrected chi connectivity index (χ0v) is 16.6. The van der Waals surface area contributed by atoms with E-state index in [4.69, 9.17) is 4.74 Å². The van der Waals surface area contributed by atoms with Crippen LogP contribution in [0.4, 0.5) is 4.79 Å². The SMILES string of the molecule is CC[C@]1(c2ccc(OC)cc2)NC(=O)N(CC(=O)NCCc2ccccc2)C1=O. The maximum Gasteiger partial charge on any atom is 0.325 e. The highest BCUT2D eigenvalue weighted by molar-refractivity contribution is 6.09. The first-order valence-corrected chi connectivity index (χ1v) is 9.59. The number of imide groups is 1. The summed E-state index contributed by atoms with van der Waals surface area (Å²) in [5.74, 6) is -0.133. The van der Waals surface area contributed by atoms with E-state index in [0.29, 0.717) is 30.7 Å². The lowest BCUT2D eigenvalue weighted by atomic mass is 9.87. The molecule has 0 bridgehead atoms. The summed E-state index contributed by atoms with van der Waals surface area (Å²) in [5, 5.41) is 5.54. The molecule has 1 aliphatic rings. The Balaban J connectivity index is 1.64. The average molecular weight is 395 g/mol. The number of amides is 4. The maximum absolute atomic E-state index is 13.1. The lowest BCUT2D eigenvalue weighted by Gasteiger charge is -2.26. The van der Waals surface area contributed by atoms with Gasteiger partial charge in [-0.3, -0.25) is 14.5 Å². The molecule has 1 heterocycles. The van der Waals surface area contributed by atoms with Crippen LogP contribution in [0.15, 0.2) is 54.6 Å². The molecule has 7 nitrogen and oxygen atoms in total. The first-order valence-electron chi connectivity index (χ1n) is 9.59. The molecule has 1 aliphatic heterocycles. The second kappa shape index (κ2) is 8.77. The average Bonchev–Trinajstić information content (AvgIpc) is 2.99. The van der Waals surface area contributed by atoms with Gasteiger partial charge in [0, 0.05) is 6.54 Å². The van der Waals surface area contributed by atoms with Crippen LogP contribution in [0.3, 0.4) is 0 Å². The minimum Gasteiger partial charge on any atom is -0.497 e. The smallest absolute Gasteiger partial charge is 0.325 e. The molecule has 4 amide bonds. The van der Waals surface area contributed by atoms with Crippen molar-refractivity contribution in [2.45, 2.75) is 25.3 Å². The monoisotopic (exact) mass is 395 g/mol. The molecule has 1 fully saturated rings. The Kier molecular flexibility index (Phi) is 6.16. The molecule has 2 aromatic carbocycles. The number of urea groups is 1. The Hall–Kier alpha value is -3.35. The third-order valence-corrected chi connectivity index (χ3v) is 5.17. The lowest BCUT2D eigenvalue weighted by molar-refractivity contribution is -0.135. The Labute approximate surface area is 170 Å². The fraction of sp³-hybridized carbons (Fsp3) is 0.318. The van der Waals surface area contributed by atoms with Gasteiger partial charge in [0.15, 0.2) is 0 Å². The topological polar surface area (TPSA) is 87.7 Å². The molecule has 29 heavy (non-hydrogen) atoms. The molecule has 0 unspecified atom stereocenters. The first-order chi connectivity index (χ1) is 14.0. The van der Waals surface area contributed by atoms with Crippen molar-refractivity contribution in [2.24, 2.45) is 0 Å². The summed E-state index contributed by atoms with van der Waals surface area (Å²) in [4.78, 5) is 38.8. The largest absolute Gasteiger partial charge is 0.497 e. The van der Waals surface area contributed by atoms with Gasteiger partial charge in [0.05, 0.1) is 7.11 Å². The summed E-state index contributed by atoms with van der Waals surface area (Å²) >= 11 is 0. The van der Waals surface area contributed by atoms with E-state index in [0.717, 1.165) is 10.5 Å². The molecule has 152 valence electrons. The summed E-state index contributed by atoms with van der Waals surface area (Å²) in [5.41, 5.74) is 0.589. The van der Waals surface area contributed by atoms with E-state index < -0.39 is 17.5 Å². The number of nitrogens with one attached hydrogen (secondary N) is 2. The molecule has 0 radical (unpaired) electrons. The third kappa shape index (κ3) is 4.23. The van der Waals surface area contributed by atoms with Crippen LogP contribution in [0.5, 0.6) is 5.75 Å². The van der Waals surface area contributed by atoms with Crippen LogP contribution >= 0.6 is 0 Å². The summed E-state index contributed by atoms with van der Waals surface area (Å²) in [6.45, 7) is 1.95. The highest BCUT2D eigenvalue weighted by Gasteiger charge is 2.51. The van der Waals surface area contributed by atoms with Gasteiger partial charge in [-0.25, -0.2) is 4.79 Å². The fourth-order valence-electron chi connectivity index (χ4n) is 3.48. The lowest BCUT2D eigenvalue weighted by Crippen LogP contribution is -2.45. The number of hydrogen-bond donors (Lipinski definition) is 2. The van der Waals surface area contributed by atoms with Crippen molar-refractivity contribution in [3.63, 3.8) is 0 Å². The van der Waals surface area contributed by atoms with E-state index in [1.807, 2.05) is 37.3 Å². The molecule has 7 heteroatoms. The number of carbonyl (C=O) groups excluding carboxylic acids is 3. The minimum absolute atomic E-state index is 0.308. The summed E-state index contributed by atoms with van der Waals surface area (Å²) < 4.78 is 5.15. The normalized spacial score (nSPS) is 18.5. The van der Waals surface area contributed by atoms with E-state index in [1.165, 1.54) is 0 Å². The van der Waals surface area contributed by atoms with E-state index in [1.54, 1.807) is 31.4 Å². The number of hydrogen-bond acceptors (Lipinski definition) is 4. The molecular weight excluding hydrogens is 370 g/mol. The van der Waals surface area contributed by atoms with Crippen LogP contribution in [0, 0.1) is 0 Å². The Bertz CT molecular complexity index is 883. The van der Waals surface area contributed by atoms with Gasteiger partial charge in [0.2, 0.25) is 5.91 Å². The first kappa shape index (κ1) is 20.4. The van der Waals surface area contributed by atoms with Crippen LogP contribution in [-0.4, -0.2) is 42.9 Å². The Morgan fingerprint density at radius 3 is 2.41 bits per heavy atom. The van der Waals surface area contributed by atoms with E-state index in [9.17, 15) is 14.4 Å². The zero-order valence-electron chi connectivity index (χ0n) is 16.6. The molecule has 0 saturated carbocycles. The maximum atomic E-state index is 13.1. The van der Waals surface area contributed by atoms with Crippen molar-refractivity contribution in [1.29, 1.82) is 0 Å². The molecule has 2 N–H and O–H groups in total. The van der Waals surface area contributed by atoms with E-state index in [2.05, 4.69) is 10.6 Å². The van der Waals surface area contributed by atoms with Crippen molar-refractivity contribution < 1.29 is 19.1 Å². The summed E-state index contributed by atoms with van der Waals surface area (Å²) in [6, 6.07) is 16.2. The number of ether oxygens (including phenoxy) is 1. The summed E-state index contributed by atoms with van der Waals surface area (Å²) in [7, 11) is 1.56. The number of nitrogens with zero attached hydrogens (tertiary/aromatic N) is 1. The molecule has 0 aromatic heterocycles. The number of carbonyl (C=O) groups is 3. The molecule has 3 rings (SSSR count). The molecule has 0 aliphatic carbocycles. The van der Waals surface area contributed by atoms with Crippen molar-refractivity contribution in [1.82, 2.24) is 15.5 Å². The van der Waals surface area contributed by atoms with Crippen LogP contribution in [-0.2, 0) is 21.5 Å². The van der Waals surface area contributed by atoms with Gasteiger partial charge < -0.3 is 15.4 Å². The van der Waals surface area contributed by atoms with E-state index >= 15 is 0 Å². The van der Waals surface area contributed by atoms with E-state index in [-0.39, 0.29) is 12.5 Å². The highest BCUT2D eigenvalue weighted by Crippen LogP contribution is 2.33. The van der Waals surface area contributed by atoms with Gasteiger partial charge in [-0.1, -0.05) is 49.4 Å². The summed E-state index contributed by atoms with van der Waals surface area (Å²) in [6.07, 6.45) is 1.05. The quantitative estimate of drug-likeness (QED) is 0.671. The van der Waals surface area contributed by atoms with Crippen molar-refractivity contribution in [3.8, 4) is 5.75 Å². The molecule has 0 spiro atoms. The standard InChI is InChI=1S/C22H25N3O4/c1-3-22(17-9-11-18(29-2)12-10-17)20(27)25(21(28)24-22)15-19(26)23-14-13-16-7-5-4-6-8-16/h4-12H,3,13-15H2,1-2H3,(H,23,26)(H,24,28)/t22-/m1/s1. The van der Waals surface area contributed by atoms with Crippen LogP contribution in [0.1, 0.15) is 24.5 Å². The Morgan fingerprint density at radius 1 is 1.10 bits per heavy atom. The predicted molar refractivity (Wildman–Crippen MR) is 108 cm³/mol. The van der Waals surface area contributed by atoms with Gasteiger partial charge in [-0.15, -0.1) is 0 Å². The van der Waals surface area contributed by atoms with Gasteiger partial charge in [-0.05, 0) is 36.1 Å². The minimum atomic E-state index is -1.17. The van der Waals surface area contributed by atoms with Crippen molar-refractivity contribution in [2.75, 3.05) is 20.2 Å². The van der Waals surface area contributed by atoms with Crippen molar-refractivity contribution in [3.05, 3.63) is 65.7 Å². The number of methoxy groups -OCH3 is 1. The third-order valence-electron chi connectivity index (χ3n) is 5.17. The second-order valence-electron chi connectivity index (χ2n) is 6.89. The van der Waals surface area contributed by atoms with Gasteiger partial charge in [0.1, 0.15) is 17.8 Å². The van der Waals surface area contributed by atoms with Gasteiger partial charge in [0.25, 0.3) is 5.91 Å². The molecule has 1 atom stereocenters. The molecule has 2 aromatic rings. The highest BCUT2D eigenvalue weighted by atomic mass is 16.5. The fourth-order valence-corrected chi connectivity index (χ4v) is 3.48. The van der Waals surface area contributed by atoms with Crippen LogP contribution < -0.4 is 15.4 Å². The van der Waals surface area contributed by atoms with Crippen LogP contribution in [0.2, 0.25) is 0 Å². The Morgan fingerprint density at radius 2 is 1.79 bits per heavy atom. The second-order valence-corrected chi connectivity index (χ2v) is 6.89. The van der Waals surface area contributed by atoms with Crippen LogP contribution in [0.25, 0.3) is 0 Å². The zero-order chi connectivity index (χ0) is 20.9. The predicted octanol–water partition coefficient (Wildman–Crippen LogP) is 2.21. The number of benzene rings is 2. The van der Waals surface area contributed by atoms with Gasteiger partial charge >= 0.3 is 6.03 Å². The van der Waals surface area contributed by atoms with Crippen molar-refractivity contribution >= 4 is 17.8 Å². The number of rotatable bonds is 8. The van der Waals surface area contributed by atoms with Gasteiger partial charge in [-0.2, -0.15) is 0 Å². The molecule has 1 saturated heterocycles. The molecular formula is C22H25N3O4.